The monoisotopic (exact) mass is 436 g/mol. The summed E-state index contributed by atoms with van der Waals surface area (Å²) in [5.41, 5.74) is 3.79. The summed E-state index contributed by atoms with van der Waals surface area (Å²) in [6.07, 6.45) is 0. The number of nitrogens with one attached hydrogen (secondary N) is 2. The molecule has 1 aliphatic carbocycles. The Morgan fingerprint density at radius 1 is 0.848 bits per heavy atom. The maximum Gasteiger partial charge on any atom is 0.277 e. The van der Waals surface area contributed by atoms with E-state index in [1.54, 1.807) is 24.3 Å². The van der Waals surface area contributed by atoms with Gasteiger partial charge < -0.3 is 5.32 Å². The molecule has 0 fully saturated rings. The van der Waals surface area contributed by atoms with Gasteiger partial charge in [0, 0.05) is 34.8 Å². The number of para-hydroxylation sites is 1. The number of aromatic nitrogens is 2. The molecule has 0 saturated carbocycles. The van der Waals surface area contributed by atoms with E-state index in [0.717, 1.165) is 5.56 Å². The SMILES string of the molecule is O=C1C2=C(Nc3[nH]n(-c4ccccc4)c(=O)c3[C@H]2c2ccc([N+](=O)[O-])cc2)c2ccccc21. The van der Waals surface area contributed by atoms with Crippen LogP contribution in [-0.4, -0.2) is 20.5 Å². The van der Waals surface area contributed by atoms with Crippen molar-refractivity contribution >= 4 is 23.0 Å². The Morgan fingerprint density at radius 3 is 2.21 bits per heavy atom. The van der Waals surface area contributed by atoms with Crippen LogP contribution in [0, 0.1) is 10.1 Å². The number of hydrogen-bond donors (Lipinski definition) is 2. The maximum absolute atomic E-state index is 13.6. The highest BCUT2D eigenvalue weighted by molar-refractivity contribution is 6.23. The minimum Gasteiger partial charge on any atom is -0.339 e. The van der Waals surface area contributed by atoms with Gasteiger partial charge in [0.2, 0.25) is 0 Å². The third-order valence-corrected chi connectivity index (χ3v) is 6.16. The van der Waals surface area contributed by atoms with Crippen molar-refractivity contribution in [2.24, 2.45) is 0 Å². The number of aromatic amines is 1. The number of anilines is 1. The van der Waals surface area contributed by atoms with Crippen molar-refractivity contribution in [1.29, 1.82) is 0 Å². The number of ketones is 1. The molecule has 0 unspecified atom stereocenters. The number of allylic oxidation sites excluding steroid dienone is 1. The summed E-state index contributed by atoms with van der Waals surface area (Å²) in [6, 6.07) is 22.5. The van der Waals surface area contributed by atoms with Crippen LogP contribution in [0.15, 0.2) is 89.2 Å². The molecule has 0 spiro atoms. The summed E-state index contributed by atoms with van der Waals surface area (Å²) >= 11 is 0. The van der Waals surface area contributed by atoms with Crippen molar-refractivity contribution in [1.82, 2.24) is 9.78 Å². The zero-order valence-corrected chi connectivity index (χ0v) is 17.1. The van der Waals surface area contributed by atoms with Crippen LogP contribution >= 0.6 is 0 Å². The normalized spacial score (nSPS) is 16.1. The Labute approximate surface area is 186 Å². The van der Waals surface area contributed by atoms with Gasteiger partial charge in [0.25, 0.3) is 11.2 Å². The summed E-state index contributed by atoms with van der Waals surface area (Å²) < 4.78 is 1.44. The molecular formula is C25H16N4O4. The fourth-order valence-corrected chi connectivity index (χ4v) is 4.68. The summed E-state index contributed by atoms with van der Waals surface area (Å²) in [6.45, 7) is 0. The predicted octanol–water partition coefficient (Wildman–Crippen LogP) is 4.24. The van der Waals surface area contributed by atoms with Crippen LogP contribution in [0.3, 0.4) is 0 Å². The van der Waals surface area contributed by atoms with Crippen LogP contribution in [0.5, 0.6) is 0 Å². The third-order valence-electron chi connectivity index (χ3n) is 6.16. The number of benzene rings is 3. The van der Waals surface area contributed by atoms with E-state index in [1.807, 2.05) is 42.5 Å². The smallest absolute Gasteiger partial charge is 0.277 e. The van der Waals surface area contributed by atoms with Gasteiger partial charge in [0.15, 0.2) is 5.78 Å². The van der Waals surface area contributed by atoms with Crippen molar-refractivity contribution in [3.8, 4) is 5.69 Å². The molecule has 2 aliphatic rings. The molecule has 1 atom stereocenters. The zero-order valence-electron chi connectivity index (χ0n) is 17.1. The summed E-state index contributed by atoms with van der Waals surface area (Å²) in [5.74, 6) is -0.338. The number of rotatable bonds is 3. The topological polar surface area (TPSA) is 110 Å². The number of nitro benzene ring substituents is 1. The fraction of sp³-hybridized carbons (Fsp3) is 0.0400. The van der Waals surface area contributed by atoms with Gasteiger partial charge in [-0.15, -0.1) is 0 Å². The Morgan fingerprint density at radius 2 is 1.52 bits per heavy atom. The lowest BCUT2D eigenvalue weighted by Crippen LogP contribution is -2.25. The first-order valence-corrected chi connectivity index (χ1v) is 10.3. The minimum atomic E-state index is -0.675. The lowest BCUT2D eigenvalue weighted by molar-refractivity contribution is -0.384. The number of non-ortho nitro benzene ring substituents is 1. The number of fused-ring (bicyclic) bond motifs is 3. The van der Waals surface area contributed by atoms with Crippen LogP contribution in [-0.2, 0) is 0 Å². The standard InChI is InChI=1S/C25H16N4O4/c30-23-18-9-5-4-8-17(18)22-20(23)19(14-10-12-16(13-11-14)29(32)33)21-24(26-22)27-28(25(21)31)15-6-2-1-3-7-15/h1-13,19,26-27H/t19-/m0/s1. The summed E-state index contributed by atoms with van der Waals surface area (Å²) in [4.78, 5) is 37.7. The highest BCUT2D eigenvalue weighted by Gasteiger charge is 2.42. The molecule has 160 valence electrons. The van der Waals surface area contributed by atoms with Gasteiger partial charge in [-0.25, -0.2) is 4.68 Å². The molecule has 2 heterocycles. The van der Waals surface area contributed by atoms with Crippen molar-refractivity contribution in [2.75, 3.05) is 5.32 Å². The molecule has 4 aromatic rings. The third kappa shape index (κ3) is 2.71. The first-order chi connectivity index (χ1) is 16.0. The van der Waals surface area contributed by atoms with E-state index in [4.69, 9.17) is 0 Å². The van der Waals surface area contributed by atoms with Crippen LogP contribution in [0.25, 0.3) is 11.4 Å². The van der Waals surface area contributed by atoms with E-state index in [9.17, 15) is 19.7 Å². The molecule has 8 heteroatoms. The number of nitro groups is 1. The molecule has 2 N–H and O–H groups in total. The number of nitrogens with zero attached hydrogens (tertiary/aromatic N) is 2. The van der Waals surface area contributed by atoms with Gasteiger partial charge in [0.05, 0.1) is 21.9 Å². The quantitative estimate of drug-likeness (QED) is 0.369. The lowest BCUT2D eigenvalue weighted by Gasteiger charge is -2.25. The average molecular weight is 436 g/mol. The molecule has 0 amide bonds. The van der Waals surface area contributed by atoms with E-state index in [-0.39, 0.29) is 17.0 Å². The van der Waals surface area contributed by atoms with Gasteiger partial charge in [-0.3, -0.25) is 24.8 Å². The molecule has 6 rings (SSSR count). The van der Waals surface area contributed by atoms with Crippen LogP contribution in [0.2, 0.25) is 0 Å². The first kappa shape index (κ1) is 19.0. The molecule has 3 aromatic carbocycles. The Bertz CT molecular complexity index is 1550. The van der Waals surface area contributed by atoms with E-state index < -0.39 is 10.8 Å². The molecule has 1 aromatic heterocycles. The second kappa shape index (κ2) is 6.89. The highest BCUT2D eigenvalue weighted by Crippen LogP contribution is 2.48. The summed E-state index contributed by atoms with van der Waals surface area (Å²) in [5, 5.41) is 17.6. The number of H-pyrrole nitrogens is 1. The second-order valence-electron chi connectivity index (χ2n) is 7.95. The van der Waals surface area contributed by atoms with Gasteiger partial charge >= 0.3 is 0 Å². The average Bonchev–Trinajstić information content (AvgIpc) is 3.33. The second-order valence-corrected chi connectivity index (χ2v) is 7.95. The molecule has 0 saturated heterocycles. The van der Waals surface area contributed by atoms with Crippen molar-refractivity contribution in [3.05, 3.63) is 127 Å². The van der Waals surface area contributed by atoms with E-state index >= 15 is 0 Å². The maximum atomic E-state index is 13.6. The zero-order chi connectivity index (χ0) is 22.7. The first-order valence-electron chi connectivity index (χ1n) is 10.3. The Balaban J connectivity index is 1.60. The molecule has 0 radical (unpaired) electrons. The molecule has 33 heavy (non-hydrogen) atoms. The number of carbonyl (C=O) groups is 1. The van der Waals surface area contributed by atoms with Crippen LogP contribution in [0.4, 0.5) is 11.5 Å². The number of Topliss-reactive ketones (excluding diaryl/α,β-unsaturated/α-hetero) is 1. The molecule has 1 aliphatic heterocycles. The van der Waals surface area contributed by atoms with Crippen LogP contribution < -0.4 is 10.9 Å². The fourth-order valence-electron chi connectivity index (χ4n) is 4.68. The van der Waals surface area contributed by atoms with Crippen molar-refractivity contribution < 1.29 is 9.72 Å². The summed E-state index contributed by atoms with van der Waals surface area (Å²) in [7, 11) is 0. The molecule has 0 bridgehead atoms. The van der Waals surface area contributed by atoms with Crippen LogP contribution in [0.1, 0.15) is 33.0 Å². The van der Waals surface area contributed by atoms with Crippen molar-refractivity contribution in [3.63, 3.8) is 0 Å². The van der Waals surface area contributed by atoms with Gasteiger partial charge in [-0.1, -0.05) is 54.6 Å². The van der Waals surface area contributed by atoms with Gasteiger partial charge in [0.1, 0.15) is 5.82 Å². The van der Waals surface area contributed by atoms with E-state index in [2.05, 4.69) is 10.4 Å². The largest absolute Gasteiger partial charge is 0.339 e. The number of hydrogen-bond acceptors (Lipinski definition) is 5. The van der Waals surface area contributed by atoms with Crippen molar-refractivity contribution in [2.45, 2.75) is 5.92 Å². The molecular weight excluding hydrogens is 420 g/mol. The van der Waals surface area contributed by atoms with Gasteiger partial charge in [-0.05, 0) is 17.7 Å². The van der Waals surface area contributed by atoms with Gasteiger partial charge in [-0.2, -0.15) is 0 Å². The van der Waals surface area contributed by atoms with E-state index in [1.165, 1.54) is 16.8 Å². The minimum absolute atomic E-state index is 0.0566. The van der Waals surface area contributed by atoms with E-state index in [0.29, 0.717) is 39.5 Å². The molecule has 8 nitrogen and oxygen atoms in total. The lowest BCUT2D eigenvalue weighted by atomic mass is 9.82. The number of carbonyl (C=O) groups excluding carboxylic acids is 1. The predicted molar refractivity (Wildman–Crippen MR) is 123 cm³/mol. The Kier molecular flexibility index (Phi) is 3.97. The Hall–Kier alpha value is -4.72. The highest BCUT2D eigenvalue weighted by atomic mass is 16.6.